The Morgan fingerprint density at radius 1 is 1.35 bits per heavy atom. The summed E-state index contributed by atoms with van der Waals surface area (Å²) in [5, 5.41) is 0.177. The minimum atomic E-state index is -0.0413. The Balaban J connectivity index is 1.98. The van der Waals surface area contributed by atoms with Gasteiger partial charge in [0.2, 0.25) is 5.28 Å². The normalized spacial score (nSPS) is 29.2. The molecule has 0 spiro atoms. The molecule has 0 amide bonds. The lowest BCUT2D eigenvalue weighted by molar-refractivity contribution is 0.0122. The summed E-state index contributed by atoms with van der Waals surface area (Å²) in [6, 6.07) is 0.172. The Morgan fingerprint density at radius 2 is 2.05 bits per heavy atom. The van der Waals surface area contributed by atoms with E-state index in [1.807, 2.05) is 4.57 Å². The maximum atomic E-state index is 12.6. The fourth-order valence-electron chi connectivity index (χ4n) is 3.69. The summed E-state index contributed by atoms with van der Waals surface area (Å²) in [6.07, 6.45) is 3.83. The van der Waals surface area contributed by atoms with Gasteiger partial charge in [-0.25, -0.2) is 9.78 Å². The van der Waals surface area contributed by atoms with Crippen LogP contribution >= 0.6 is 11.6 Å². The van der Waals surface area contributed by atoms with E-state index in [-0.39, 0.29) is 17.0 Å². The number of imidazole rings is 1. The van der Waals surface area contributed by atoms with Gasteiger partial charge in [0, 0.05) is 18.9 Å². The fourth-order valence-corrected chi connectivity index (χ4v) is 3.82. The summed E-state index contributed by atoms with van der Waals surface area (Å²) in [7, 11) is 1.75. The Bertz CT molecular complexity index is 722. The van der Waals surface area contributed by atoms with Crippen LogP contribution in [0.25, 0.3) is 11.2 Å². The molecular weight excluding hydrogens is 280 g/mol. The molecule has 6 nitrogen and oxygen atoms in total. The van der Waals surface area contributed by atoms with Gasteiger partial charge in [-0.15, -0.1) is 0 Å². The number of halogens is 1. The lowest BCUT2D eigenvalue weighted by Crippen LogP contribution is -2.37. The van der Waals surface area contributed by atoms with Gasteiger partial charge in [0.05, 0.1) is 25.5 Å². The van der Waals surface area contributed by atoms with Gasteiger partial charge >= 0.3 is 5.69 Å². The smallest absolute Gasteiger partial charge is 0.330 e. The molecule has 20 heavy (non-hydrogen) atoms. The number of rotatable bonds is 1. The van der Waals surface area contributed by atoms with E-state index in [1.165, 1.54) is 0 Å². The van der Waals surface area contributed by atoms with Crippen LogP contribution in [0.2, 0.25) is 5.28 Å². The van der Waals surface area contributed by atoms with Crippen molar-refractivity contribution >= 4 is 22.8 Å². The number of ether oxygens (including phenoxy) is 1. The van der Waals surface area contributed by atoms with Gasteiger partial charge in [-0.05, 0) is 24.4 Å². The third-order valence-electron chi connectivity index (χ3n) is 4.64. The highest BCUT2D eigenvalue weighted by molar-refractivity contribution is 6.28. The standard InChI is InChI=1S/C13H15ClN4O2/c1-17-9-4-15-12(14)16-11(9)18(13(17)19)10-7-2-3-8(10)6-20-5-7/h4,7-8,10H,2-3,5-6H2,1H3. The van der Waals surface area contributed by atoms with Crippen molar-refractivity contribution in [2.24, 2.45) is 18.9 Å². The van der Waals surface area contributed by atoms with Crippen molar-refractivity contribution in [3.63, 3.8) is 0 Å². The summed E-state index contributed by atoms with van der Waals surface area (Å²) < 4.78 is 9.02. The molecule has 4 rings (SSSR count). The second-order valence-corrected chi connectivity index (χ2v) is 6.02. The third-order valence-corrected chi connectivity index (χ3v) is 4.82. The van der Waals surface area contributed by atoms with Crippen LogP contribution in [0.5, 0.6) is 0 Å². The van der Waals surface area contributed by atoms with Gasteiger partial charge in [-0.3, -0.25) is 9.13 Å². The highest BCUT2D eigenvalue weighted by Crippen LogP contribution is 2.44. The van der Waals surface area contributed by atoms with Crippen molar-refractivity contribution in [3.8, 4) is 0 Å². The molecule has 0 radical (unpaired) electrons. The minimum Gasteiger partial charge on any atom is -0.381 e. The van der Waals surface area contributed by atoms with Gasteiger partial charge in [-0.1, -0.05) is 0 Å². The Labute approximate surface area is 120 Å². The first-order valence-electron chi connectivity index (χ1n) is 6.84. The van der Waals surface area contributed by atoms with Crippen molar-refractivity contribution in [1.82, 2.24) is 19.1 Å². The zero-order valence-electron chi connectivity index (χ0n) is 11.1. The number of fused-ring (bicyclic) bond motifs is 3. The zero-order valence-corrected chi connectivity index (χ0v) is 11.9. The number of hydrogen-bond donors (Lipinski definition) is 0. The van der Waals surface area contributed by atoms with Gasteiger partial charge in [0.25, 0.3) is 0 Å². The van der Waals surface area contributed by atoms with Crippen LogP contribution in [-0.4, -0.2) is 32.3 Å². The van der Waals surface area contributed by atoms with Crippen molar-refractivity contribution in [2.45, 2.75) is 18.9 Å². The Morgan fingerprint density at radius 3 is 2.75 bits per heavy atom. The molecule has 2 unspecified atom stereocenters. The monoisotopic (exact) mass is 294 g/mol. The molecule has 2 aromatic heterocycles. The molecule has 0 N–H and O–H groups in total. The van der Waals surface area contributed by atoms with Gasteiger partial charge in [-0.2, -0.15) is 4.98 Å². The van der Waals surface area contributed by atoms with Crippen LogP contribution in [0, 0.1) is 11.8 Å². The molecule has 2 fully saturated rings. The van der Waals surface area contributed by atoms with Crippen molar-refractivity contribution in [1.29, 1.82) is 0 Å². The predicted octanol–water partition coefficient (Wildman–Crippen LogP) is 1.38. The van der Waals surface area contributed by atoms with Crippen molar-refractivity contribution in [2.75, 3.05) is 13.2 Å². The van der Waals surface area contributed by atoms with E-state index < -0.39 is 0 Å². The van der Waals surface area contributed by atoms with Crippen LogP contribution in [0.1, 0.15) is 18.9 Å². The fraction of sp³-hybridized carbons (Fsp3) is 0.615. The largest absolute Gasteiger partial charge is 0.381 e. The highest BCUT2D eigenvalue weighted by Gasteiger charge is 2.42. The summed E-state index contributed by atoms with van der Waals surface area (Å²) in [5.74, 6) is 0.789. The molecule has 3 heterocycles. The molecule has 2 aromatic rings. The number of aromatic nitrogens is 4. The van der Waals surface area contributed by atoms with E-state index in [9.17, 15) is 4.79 Å². The second-order valence-electron chi connectivity index (χ2n) is 5.69. The topological polar surface area (TPSA) is 61.9 Å². The van der Waals surface area contributed by atoms with E-state index in [2.05, 4.69) is 9.97 Å². The molecule has 1 aliphatic heterocycles. The molecule has 2 aliphatic rings. The first-order valence-corrected chi connectivity index (χ1v) is 7.22. The van der Waals surface area contributed by atoms with Crippen LogP contribution in [0.4, 0.5) is 0 Å². The lowest BCUT2D eigenvalue weighted by Gasteiger charge is -2.30. The summed E-state index contributed by atoms with van der Waals surface area (Å²) in [4.78, 5) is 20.9. The van der Waals surface area contributed by atoms with Crippen LogP contribution in [0.15, 0.2) is 11.0 Å². The van der Waals surface area contributed by atoms with Crippen LogP contribution < -0.4 is 5.69 Å². The minimum absolute atomic E-state index is 0.0413. The quantitative estimate of drug-likeness (QED) is 0.746. The average Bonchev–Trinajstić information content (AvgIpc) is 2.81. The molecule has 2 atom stereocenters. The van der Waals surface area contributed by atoms with Gasteiger partial charge in [0.15, 0.2) is 5.65 Å². The molecule has 106 valence electrons. The first kappa shape index (κ1) is 12.3. The summed E-state index contributed by atoms with van der Waals surface area (Å²) >= 11 is 5.91. The SMILES string of the molecule is Cn1c(=O)n(C2C3CCC2COC3)c2nc(Cl)ncc21. The molecular formula is C13H15ClN4O2. The summed E-state index contributed by atoms with van der Waals surface area (Å²) in [5.41, 5.74) is 1.33. The first-order chi connectivity index (χ1) is 9.66. The third kappa shape index (κ3) is 1.58. The summed E-state index contributed by atoms with van der Waals surface area (Å²) in [6.45, 7) is 1.45. The number of aryl methyl sites for hydroxylation is 1. The maximum absolute atomic E-state index is 12.6. The Hall–Kier alpha value is -1.40. The van der Waals surface area contributed by atoms with Crippen LogP contribution in [-0.2, 0) is 11.8 Å². The molecule has 7 heteroatoms. The van der Waals surface area contributed by atoms with E-state index in [1.54, 1.807) is 17.8 Å². The van der Waals surface area contributed by atoms with E-state index >= 15 is 0 Å². The maximum Gasteiger partial charge on any atom is 0.330 e. The molecule has 1 saturated heterocycles. The molecule has 1 saturated carbocycles. The van der Waals surface area contributed by atoms with E-state index in [0.29, 0.717) is 17.5 Å². The second kappa shape index (κ2) is 4.30. The van der Waals surface area contributed by atoms with Gasteiger partial charge in [0.1, 0.15) is 5.52 Å². The average molecular weight is 295 g/mol. The van der Waals surface area contributed by atoms with Crippen molar-refractivity contribution in [3.05, 3.63) is 22.0 Å². The molecule has 2 bridgehead atoms. The van der Waals surface area contributed by atoms with Crippen molar-refractivity contribution < 1.29 is 4.74 Å². The van der Waals surface area contributed by atoms with E-state index in [4.69, 9.17) is 16.3 Å². The molecule has 0 aromatic carbocycles. The van der Waals surface area contributed by atoms with E-state index in [0.717, 1.165) is 31.6 Å². The number of hydrogen-bond acceptors (Lipinski definition) is 4. The number of nitrogens with zero attached hydrogens (tertiary/aromatic N) is 4. The highest BCUT2D eigenvalue weighted by atomic mass is 35.5. The predicted molar refractivity (Wildman–Crippen MR) is 73.8 cm³/mol. The van der Waals surface area contributed by atoms with Gasteiger partial charge < -0.3 is 4.74 Å². The lowest BCUT2D eigenvalue weighted by atomic mass is 9.96. The Kier molecular flexibility index (Phi) is 2.65. The van der Waals surface area contributed by atoms with Crippen LogP contribution in [0.3, 0.4) is 0 Å². The zero-order chi connectivity index (χ0) is 13.9. The molecule has 1 aliphatic carbocycles.